The molecule has 0 aromatic heterocycles. The number of methoxy groups -OCH3 is 1. The van der Waals surface area contributed by atoms with Gasteiger partial charge in [-0.25, -0.2) is 4.39 Å². The van der Waals surface area contributed by atoms with Crippen molar-refractivity contribution in [2.24, 2.45) is 0 Å². The van der Waals surface area contributed by atoms with E-state index in [1.54, 1.807) is 0 Å². The van der Waals surface area contributed by atoms with Crippen molar-refractivity contribution in [3.8, 4) is 28.4 Å². The Balaban J connectivity index is 1.96. The van der Waals surface area contributed by atoms with Crippen molar-refractivity contribution in [2.45, 2.75) is 12.5 Å². The molecule has 0 saturated carbocycles. The Bertz CT molecular complexity index is 760. The van der Waals surface area contributed by atoms with Crippen molar-refractivity contribution >= 4 is 0 Å². The molecule has 1 aliphatic rings. The minimum Gasteiger partial charge on any atom is -0.497 e. The van der Waals surface area contributed by atoms with Gasteiger partial charge in [-0.3, -0.25) is 0 Å². The Labute approximate surface area is 141 Å². The molecule has 0 aliphatic carbocycles. The van der Waals surface area contributed by atoms with E-state index in [-0.39, 0.29) is 23.0 Å². The summed E-state index contributed by atoms with van der Waals surface area (Å²) in [5.74, 6) is -0.853. The maximum Gasteiger partial charge on any atom is 0.573 e. The maximum atomic E-state index is 14.2. The fraction of sp³-hybridized carbons (Fsp3) is 0.294. The highest BCUT2D eigenvalue weighted by Gasteiger charge is 2.33. The summed E-state index contributed by atoms with van der Waals surface area (Å²) in [6, 6.07) is 8.04. The smallest absolute Gasteiger partial charge is 0.497 e. The Morgan fingerprint density at radius 2 is 1.80 bits per heavy atom. The quantitative estimate of drug-likeness (QED) is 0.828. The van der Waals surface area contributed by atoms with E-state index in [4.69, 9.17) is 9.47 Å². The van der Waals surface area contributed by atoms with Gasteiger partial charge in [0.05, 0.1) is 7.11 Å². The average molecular weight is 357 g/mol. The molecule has 2 aromatic carbocycles. The maximum absolute atomic E-state index is 14.2. The highest BCUT2D eigenvalue weighted by Crippen LogP contribution is 2.38. The van der Waals surface area contributed by atoms with Crippen LogP contribution in [0.25, 0.3) is 11.1 Å². The van der Waals surface area contributed by atoms with Crippen LogP contribution < -0.4 is 19.5 Å². The molecule has 134 valence electrons. The molecule has 1 saturated heterocycles. The first-order chi connectivity index (χ1) is 11.9. The first-order valence-electron chi connectivity index (χ1n) is 7.47. The van der Waals surface area contributed by atoms with E-state index in [0.717, 1.165) is 12.1 Å². The SMILES string of the molecule is COc1ccc(-c2ccc(OC3CNC3)c(OC(F)(F)F)c2)c(F)c1. The van der Waals surface area contributed by atoms with Crippen LogP contribution in [0.4, 0.5) is 17.6 Å². The molecule has 0 spiro atoms. The van der Waals surface area contributed by atoms with E-state index >= 15 is 0 Å². The van der Waals surface area contributed by atoms with Gasteiger partial charge >= 0.3 is 6.36 Å². The van der Waals surface area contributed by atoms with Crippen LogP contribution >= 0.6 is 0 Å². The molecule has 4 nitrogen and oxygen atoms in total. The van der Waals surface area contributed by atoms with Gasteiger partial charge in [-0.15, -0.1) is 13.2 Å². The summed E-state index contributed by atoms with van der Waals surface area (Å²) in [6.07, 6.45) is -5.10. The van der Waals surface area contributed by atoms with E-state index in [0.29, 0.717) is 18.8 Å². The second kappa shape index (κ2) is 6.79. The molecular weight excluding hydrogens is 342 g/mol. The lowest BCUT2D eigenvalue weighted by Gasteiger charge is -2.28. The summed E-state index contributed by atoms with van der Waals surface area (Å²) in [5, 5.41) is 2.96. The molecule has 0 radical (unpaired) electrons. The zero-order valence-electron chi connectivity index (χ0n) is 13.2. The molecular formula is C17H15F4NO3. The van der Waals surface area contributed by atoms with Gasteiger partial charge in [0.15, 0.2) is 11.5 Å². The normalized spacial score (nSPS) is 14.8. The van der Waals surface area contributed by atoms with Crippen LogP contribution in [-0.2, 0) is 0 Å². The highest BCUT2D eigenvalue weighted by molar-refractivity contribution is 5.68. The third kappa shape index (κ3) is 4.14. The summed E-state index contributed by atoms with van der Waals surface area (Å²) in [4.78, 5) is 0. The largest absolute Gasteiger partial charge is 0.573 e. The first kappa shape index (κ1) is 17.3. The fourth-order valence-corrected chi connectivity index (χ4v) is 2.36. The lowest BCUT2D eigenvalue weighted by molar-refractivity contribution is -0.275. The van der Waals surface area contributed by atoms with Crippen LogP contribution in [-0.4, -0.2) is 32.7 Å². The molecule has 0 bridgehead atoms. The lowest BCUT2D eigenvalue weighted by Crippen LogP contribution is -2.50. The Hall–Kier alpha value is -2.48. The van der Waals surface area contributed by atoms with Crippen molar-refractivity contribution in [1.82, 2.24) is 5.32 Å². The number of benzene rings is 2. The molecule has 8 heteroatoms. The van der Waals surface area contributed by atoms with Crippen LogP contribution in [0.5, 0.6) is 17.2 Å². The number of hydrogen-bond acceptors (Lipinski definition) is 4. The summed E-state index contributed by atoms with van der Waals surface area (Å²) < 4.78 is 66.7. The van der Waals surface area contributed by atoms with E-state index < -0.39 is 17.9 Å². The van der Waals surface area contributed by atoms with Crippen LogP contribution in [0.15, 0.2) is 36.4 Å². The predicted octanol–water partition coefficient (Wildman–Crippen LogP) is 3.75. The Morgan fingerprint density at radius 1 is 1.04 bits per heavy atom. The van der Waals surface area contributed by atoms with Crippen molar-refractivity contribution in [3.63, 3.8) is 0 Å². The number of rotatable bonds is 5. The topological polar surface area (TPSA) is 39.7 Å². The van der Waals surface area contributed by atoms with Gasteiger partial charge in [0.1, 0.15) is 17.7 Å². The first-order valence-corrected chi connectivity index (χ1v) is 7.47. The highest BCUT2D eigenvalue weighted by atomic mass is 19.4. The monoisotopic (exact) mass is 357 g/mol. The molecule has 25 heavy (non-hydrogen) atoms. The predicted molar refractivity (Wildman–Crippen MR) is 82.4 cm³/mol. The second-order valence-corrected chi connectivity index (χ2v) is 5.45. The zero-order chi connectivity index (χ0) is 18.0. The van der Waals surface area contributed by atoms with Crippen molar-refractivity contribution < 1.29 is 31.8 Å². The summed E-state index contributed by atoms with van der Waals surface area (Å²) in [5.41, 5.74) is 0.364. The number of alkyl halides is 3. The van der Waals surface area contributed by atoms with Gasteiger partial charge in [-0.05, 0) is 29.8 Å². The summed E-state index contributed by atoms with van der Waals surface area (Å²) in [6.45, 7) is 1.08. The van der Waals surface area contributed by atoms with Crippen LogP contribution in [0, 0.1) is 5.82 Å². The molecule has 1 aliphatic heterocycles. The van der Waals surface area contributed by atoms with Crippen molar-refractivity contribution in [3.05, 3.63) is 42.2 Å². The van der Waals surface area contributed by atoms with E-state index in [1.807, 2.05) is 0 Å². The molecule has 0 unspecified atom stereocenters. The third-order valence-corrected chi connectivity index (χ3v) is 3.69. The van der Waals surface area contributed by atoms with Gasteiger partial charge in [-0.1, -0.05) is 6.07 Å². The lowest BCUT2D eigenvalue weighted by atomic mass is 10.0. The van der Waals surface area contributed by atoms with E-state index in [2.05, 4.69) is 10.1 Å². The van der Waals surface area contributed by atoms with Gasteiger partial charge in [-0.2, -0.15) is 0 Å². The number of halogens is 4. The second-order valence-electron chi connectivity index (χ2n) is 5.45. The van der Waals surface area contributed by atoms with Gasteiger partial charge in [0, 0.05) is 24.7 Å². The van der Waals surface area contributed by atoms with Gasteiger partial charge in [0.2, 0.25) is 0 Å². The van der Waals surface area contributed by atoms with Gasteiger partial charge < -0.3 is 19.5 Å². The van der Waals surface area contributed by atoms with Crippen molar-refractivity contribution in [2.75, 3.05) is 20.2 Å². The fourth-order valence-electron chi connectivity index (χ4n) is 2.36. The molecule has 3 rings (SSSR count). The third-order valence-electron chi connectivity index (χ3n) is 3.69. The number of ether oxygens (including phenoxy) is 3. The van der Waals surface area contributed by atoms with Crippen LogP contribution in [0.2, 0.25) is 0 Å². The molecule has 0 atom stereocenters. The molecule has 2 aromatic rings. The molecule has 1 N–H and O–H groups in total. The Morgan fingerprint density at radius 3 is 2.36 bits per heavy atom. The summed E-state index contributed by atoms with van der Waals surface area (Å²) >= 11 is 0. The number of nitrogens with one attached hydrogen (secondary N) is 1. The minimum absolute atomic E-state index is 0.0403. The average Bonchev–Trinajstić information content (AvgIpc) is 2.50. The standard InChI is InChI=1S/C17H15F4NO3/c1-23-11-3-4-13(14(18)7-11)10-2-5-15(24-12-8-22-9-12)16(6-10)25-17(19,20)21/h2-7,12,22H,8-9H2,1H3. The summed E-state index contributed by atoms with van der Waals surface area (Å²) in [7, 11) is 1.39. The van der Waals surface area contributed by atoms with E-state index in [9.17, 15) is 17.6 Å². The van der Waals surface area contributed by atoms with Gasteiger partial charge in [0.25, 0.3) is 0 Å². The van der Waals surface area contributed by atoms with Crippen molar-refractivity contribution in [1.29, 1.82) is 0 Å². The molecule has 1 heterocycles. The molecule has 0 amide bonds. The van der Waals surface area contributed by atoms with Crippen LogP contribution in [0.1, 0.15) is 0 Å². The Kier molecular flexibility index (Phi) is 4.71. The number of hydrogen-bond donors (Lipinski definition) is 1. The molecule has 1 fully saturated rings. The van der Waals surface area contributed by atoms with Crippen LogP contribution in [0.3, 0.4) is 0 Å². The minimum atomic E-state index is -4.88. The van der Waals surface area contributed by atoms with E-state index in [1.165, 1.54) is 31.4 Å². The zero-order valence-corrected chi connectivity index (χ0v) is 13.2.